The number of hydrogen-bond acceptors (Lipinski definition) is 4. The molecule has 0 bridgehead atoms. The molecule has 1 aliphatic carbocycles. The molecule has 1 N–H and O–H groups in total. The van der Waals surface area contributed by atoms with E-state index < -0.39 is 6.04 Å². The van der Waals surface area contributed by atoms with Gasteiger partial charge >= 0.3 is 0 Å². The predicted octanol–water partition coefficient (Wildman–Crippen LogP) is 5.20. The van der Waals surface area contributed by atoms with E-state index in [4.69, 9.17) is 21.1 Å². The molecule has 1 aliphatic rings. The van der Waals surface area contributed by atoms with E-state index in [1.807, 2.05) is 49.4 Å². The van der Waals surface area contributed by atoms with Crippen LogP contribution in [0.15, 0.2) is 42.5 Å². The zero-order valence-corrected chi connectivity index (χ0v) is 21.8. The predicted molar refractivity (Wildman–Crippen MR) is 139 cm³/mol. The Morgan fingerprint density at radius 1 is 1.00 bits per heavy atom. The van der Waals surface area contributed by atoms with Crippen molar-refractivity contribution in [3.63, 3.8) is 0 Å². The van der Waals surface area contributed by atoms with Gasteiger partial charge in [0.25, 0.3) is 0 Å². The van der Waals surface area contributed by atoms with E-state index >= 15 is 0 Å². The van der Waals surface area contributed by atoms with Gasteiger partial charge in [0, 0.05) is 12.6 Å². The Morgan fingerprint density at radius 2 is 1.66 bits per heavy atom. The molecule has 1 fully saturated rings. The van der Waals surface area contributed by atoms with Gasteiger partial charge in [0.15, 0.2) is 11.5 Å². The molecule has 3 rings (SSSR count). The fraction of sp³-hybridized carbons (Fsp3) is 0.500. The normalized spacial score (nSPS) is 15.1. The Labute approximate surface area is 213 Å². The zero-order chi connectivity index (χ0) is 25.2. The number of ether oxygens (including phenoxy) is 2. The minimum atomic E-state index is -0.745. The van der Waals surface area contributed by atoms with Gasteiger partial charge in [0.1, 0.15) is 11.9 Å². The standard InChI is InChI=1S/C28H37ClN2O4/c1-20-10-13-22(14-11-20)27(28(33)30-23-8-6-4-5-7-9-23)31(26(32)19-29)17-16-21-12-15-24(34-2)25(18-21)35-3/h10-15,18,23,27H,4-9,16-17,19H2,1-3H3,(H,30,33)/t27-/m0/s1. The molecule has 190 valence electrons. The first-order chi connectivity index (χ1) is 17.0. The SMILES string of the molecule is COc1ccc(CCN(C(=O)CCl)[C@H](C(=O)NC2CCCCCC2)c2ccc(C)cc2)cc1OC. The van der Waals surface area contributed by atoms with Crippen molar-refractivity contribution in [1.82, 2.24) is 10.2 Å². The van der Waals surface area contributed by atoms with E-state index in [0.717, 1.165) is 42.4 Å². The minimum absolute atomic E-state index is 0.136. The zero-order valence-electron chi connectivity index (χ0n) is 21.0. The van der Waals surface area contributed by atoms with Gasteiger partial charge in [-0.05, 0) is 49.4 Å². The van der Waals surface area contributed by atoms with Crippen LogP contribution in [0.1, 0.15) is 61.3 Å². The Balaban J connectivity index is 1.87. The summed E-state index contributed by atoms with van der Waals surface area (Å²) < 4.78 is 10.8. The third kappa shape index (κ3) is 7.38. The van der Waals surface area contributed by atoms with Crippen molar-refractivity contribution in [2.45, 2.75) is 64.0 Å². The van der Waals surface area contributed by atoms with Crippen LogP contribution in [-0.2, 0) is 16.0 Å². The van der Waals surface area contributed by atoms with Gasteiger partial charge in [-0.1, -0.05) is 61.6 Å². The van der Waals surface area contributed by atoms with Crippen LogP contribution < -0.4 is 14.8 Å². The first-order valence-electron chi connectivity index (χ1n) is 12.4. The van der Waals surface area contributed by atoms with Crippen molar-refractivity contribution in [3.8, 4) is 11.5 Å². The smallest absolute Gasteiger partial charge is 0.247 e. The number of methoxy groups -OCH3 is 2. The second kappa shape index (κ2) is 13.4. The number of aryl methyl sites for hydroxylation is 1. The highest BCUT2D eigenvalue weighted by atomic mass is 35.5. The monoisotopic (exact) mass is 500 g/mol. The van der Waals surface area contributed by atoms with Crippen LogP contribution >= 0.6 is 11.6 Å². The van der Waals surface area contributed by atoms with Gasteiger partial charge in [-0.3, -0.25) is 9.59 Å². The van der Waals surface area contributed by atoms with Crippen LogP contribution in [0.5, 0.6) is 11.5 Å². The number of benzene rings is 2. The molecular weight excluding hydrogens is 464 g/mol. The number of carbonyl (C=O) groups excluding carboxylic acids is 2. The molecule has 35 heavy (non-hydrogen) atoms. The Kier molecular flexibility index (Phi) is 10.3. The molecular formula is C28H37ClN2O4. The maximum absolute atomic E-state index is 13.7. The fourth-order valence-corrected chi connectivity index (χ4v) is 4.84. The quantitative estimate of drug-likeness (QED) is 0.359. The van der Waals surface area contributed by atoms with Gasteiger partial charge in [-0.25, -0.2) is 0 Å². The molecule has 1 saturated carbocycles. The molecule has 6 nitrogen and oxygen atoms in total. The fourth-order valence-electron chi connectivity index (χ4n) is 4.69. The first kappa shape index (κ1) is 26.9. The van der Waals surface area contributed by atoms with Gasteiger partial charge in [-0.15, -0.1) is 11.6 Å². The summed E-state index contributed by atoms with van der Waals surface area (Å²) in [5.41, 5.74) is 2.85. The third-order valence-corrected chi connectivity index (χ3v) is 6.91. The molecule has 0 aromatic heterocycles. The van der Waals surface area contributed by atoms with E-state index in [9.17, 15) is 9.59 Å². The summed E-state index contributed by atoms with van der Waals surface area (Å²) in [6.07, 6.45) is 7.13. The minimum Gasteiger partial charge on any atom is -0.493 e. The second-order valence-electron chi connectivity index (χ2n) is 9.17. The van der Waals surface area contributed by atoms with Crippen molar-refractivity contribution in [2.24, 2.45) is 0 Å². The van der Waals surface area contributed by atoms with Gasteiger partial charge in [0.05, 0.1) is 14.2 Å². The lowest BCUT2D eigenvalue weighted by Crippen LogP contribution is -2.47. The molecule has 0 saturated heterocycles. The average Bonchev–Trinajstić information content (AvgIpc) is 3.15. The number of alkyl halides is 1. The van der Waals surface area contributed by atoms with E-state index in [0.29, 0.717) is 24.5 Å². The maximum Gasteiger partial charge on any atom is 0.247 e. The highest BCUT2D eigenvalue weighted by Gasteiger charge is 2.32. The summed E-state index contributed by atoms with van der Waals surface area (Å²) >= 11 is 6.03. The molecule has 2 amide bonds. The Morgan fingerprint density at radius 3 is 2.26 bits per heavy atom. The molecule has 2 aromatic carbocycles. The Bertz CT molecular complexity index is 971. The van der Waals surface area contributed by atoms with Crippen molar-refractivity contribution >= 4 is 23.4 Å². The topological polar surface area (TPSA) is 67.9 Å². The molecule has 7 heteroatoms. The number of halogens is 1. The Hall–Kier alpha value is -2.73. The summed E-state index contributed by atoms with van der Waals surface area (Å²) in [6, 6.07) is 12.9. The number of nitrogens with zero attached hydrogens (tertiary/aromatic N) is 1. The van der Waals surface area contributed by atoms with Gasteiger partial charge < -0.3 is 19.7 Å². The molecule has 0 heterocycles. The summed E-state index contributed by atoms with van der Waals surface area (Å²) in [5, 5.41) is 3.25. The molecule has 0 unspecified atom stereocenters. The van der Waals surface area contributed by atoms with E-state index in [1.54, 1.807) is 19.1 Å². The number of amides is 2. The third-order valence-electron chi connectivity index (χ3n) is 6.68. The van der Waals surface area contributed by atoms with E-state index in [-0.39, 0.29) is 23.7 Å². The lowest BCUT2D eigenvalue weighted by Gasteiger charge is -2.32. The number of rotatable bonds is 10. The van der Waals surface area contributed by atoms with Crippen LogP contribution in [0, 0.1) is 6.92 Å². The van der Waals surface area contributed by atoms with Crippen LogP contribution in [0.4, 0.5) is 0 Å². The van der Waals surface area contributed by atoms with Crippen molar-refractivity contribution < 1.29 is 19.1 Å². The van der Waals surface area contributed by atoms with Crippen molar-refractivity contribution in [3.05, 3.63) is 59.2 Å². The molecule has 1 atom stereocenters. The lowest BCUT2D eigenvalue weighted by atomic mass is 10.00. The summed E-state index contributed by atoms with van der Waals surface area (Å²) in [4.78, 5) is 28.4. The number of hydrogen-bond donors (Lipinski definition) is 1. The second-order valence-corrected chi connectivity index (χ2v) is 9.44. The maximum atomic E-state index is 13.7. The van der Waals surface area contributed by atoms with E-state index in [2.05, 4.69) is 5.32 Å². The molecule has 2 aromatic rings. The van der Waals surface area contributed by atoms with E-state index in [1.165, 1.54) is 12.8 Å². The van der Waals surface area contributed by atoms with Crippen LogP contribution in [0.3, 0.4) is 0 Å². The van der Waals surface area contributed by atoms with Crippen molar-refractivity contribution in [1.29, 1.82) is 0 Å². The van der Waals surface area contributed by atoms with Gasteiger partial charge in [-0.2, -0.15) is 0 Å². The van der Waals surface area contributed by atoms with Crippen molar-refractivity contribution in [2.75, 3.05) is 26.6 Å². The average molecular weight is 501 g/mol. The largest absolute Gasteiger partial charge is 0.493 e. The van der Waals surface area contributed by atoms with Crippen LogP contribution in [-0.4, -0.2) is 49.4 Å². The molecule has 0 aliphatic heterocycles. The molecule has 0 spiro atoms. The number of carbonyl (C=O) groups is 2. The van der Waals surface area contributed by atoms with Crippen LogP contribution in [0.25, 0.3) is 0 Å². The molecule has 0 radical (unpaired) electrons. The highest BCUT2D eigenvalue weighted by molar-refractivity contribution is 6.27. The first-order valence-corrected chi connectivity index (χ1v) is 12.9. The summed E-state index contributed by atoms with van der Waals surface area (Å²) in [5.74, 6) is 0.664. The summed E-state index contributed by atoms with van der Waals surface area (Å²) in [6.45, 7) is 2.35. The highest BCUT2D eigenvalue weighted by Crippen LogP contribution is 2.29. The van der Waals surface area contributed by atoms with Gasteiger partial charge in [0.2, 0.25) is 11.8 Å². The lowest BCUT2D eigenvalue weighted by molar-refractivity contribution is -0.139. The summed E-state index contributed by atoms with van der Waals surface area (Å²) in [7, 11) is 3.19. The number of nitrogens with one attached hydrogen (secondary N) is 1. The van der Waals surface area contributed by atoms with Crippen LogP contribution in [0.2, 0.25) is 0 Å².